The average molecular weight is 510 g/mol. The second kappa shape index (κ2) is 17.8. The molecular weight excluding hydrogens is 468 g/mol. The van der Waals surface area contributed by atoms with Gasteiger partial charge in [-0.25, -0.2) is 8.42 Å². The zero-order chi connectivity index (χ0) is 26.9. The molecule has 0 radical (unpaired) electrons. The molecule has 9 nitrogen and oxygen atoms in total. The Morgan fingerprint density at radius 3 is 1.83 bits per heavy atom. The minimum absolute atomic E-state index is 0.0811. The molecule has 7 N–H and O–H groups in total. The van der Waals surface area contributed by atoms with E-state index in [0.29, 0.717) is 10.8 Å². The molecular formula is C25H41N4O5S+. The van der Waals surface area contributed by atoms with Gasteiger partial charge in [-0.2, -0.15) is 0 Å². The van der Waals surface area contributed by atoms with Crippen LogP contribution in [0.2, 0.25) is 0 Å². The third-order valence-corrected chi connectivity index (χ3v) is 6.73. The summed E-state index contributed by atoms with van der Waals surface area (Å²) in [6, 6.07) is 17.9. The maximum Gasteiger partial charge on any atom is 0.326 e. The van der Waals surface area contributed by atoms with E-state index in [1.807, 2.05) is 67.6 Å². The Morgan fingerprint density at radius 1 is 0.971 bits per heavy atom. The van der Waals surface area contributed by atoms with Crippen molar-refractivity contribution in [3.8, 4) is 0 Å². The van der Waals surface area contributed by atoms with Crippen molar-refractivity contribution in [2.45, 2.75) is 51.6 Å². The van der Waals surface area contributed by atoms with Crippen LogP contribution in [0.5, 0.6) is 0 Å². The number of benzene rings is 2. The minimum atomic E-state index is -3.69. The summed E-state index contributed by atoms with van der Waals surface area (Å²) in [4.78, 5) is 22.8. The third kappa shape index (κ3) is 12.6. The van der Waals surface area contributed by atoms with E-state index >= 15 is 0 Å². The van der Waals surface area contributed by atoms with Gasteiger partial charge in [-0.3, -0.25) is 15.4 Å². The van der Waals surface area contributed by atoms with Crippen LogP contribution in [-0.4, -0.2) is 56.6 Å². The quantitative estimate of drug-likeness (QED) is 0.232. The number of methoxy groups -OCH3 is 1. The van der Waals surface area contributed by atoms with Crippen LogP contribution in [0.1, 0.15) is 37.8 Å². The second-order valence-electron chi connectivity index (χ2n) is 7.73. The average Bonchev–Trinajstić information content (AvgIpc) is 2.88. The number of ketones is 1. The highest BCUT2D eigenvalue weighted by molar-refractivity contribution is 7.89. The lowest BCUT2D eigenvalue weighted by atomic mass is 10.0. The summed E-state index contributed by atoms with van der Waals surface area (Å²) in [7, 11) is -0.971. The van der Waals surface area contributed by atoms with Gasteiger partial charge in [0.15, 0.2) is 5.78 Å². The standard InChI is InChI=1S/C14H22N2O4S.C10H13NO.CH5N/c1-3-4-10-21(18,19)16(15)13(14(17)20-2)11-12-8-6-5-7-9-12;1-8(12)10(11)7-9-5-3-2-4-6-9;1-2/h5-9,13H,3-4,10-11,15H2,1-2H3;2-6,10H,7,11H2,1H3;2H2,1H3/p+1. The largest absolute Gasteiger partial charge is 0.468 e. The molecule has 2 rings (SSSR count). The fraction of sp³-hybridized carbons (Fsp3) is 0.440. The molecule has 2 atom stereocenters. The number of unbranched alkanes of at least 4 members (excludes halogenated alkanes) is 1. The first-order valence-electron chi connectivity index (χ1n) is 11.5. The molecule has 0 aliphatic carbocycles. The first-order valence-corrected chi connectivity index (χ1v) is 13.1. The number of carbonyl (C=O) groups is 2. The molecule has 35 heavy (non-hydrogen) atoms. The monoisotopic (exact) mass is 509 g/mol. The Balaban J connectivity index is 0.000000698. The van der Waals surface area contributed by atoms with E-state index < -0.39 is 22.0 Å². The molecule has 0 aromatic heterocycles. The van der Waals surface area contributed by atoms with E-state index in [4.69, 9.17) is 5.84 Å². The maximum atomic E-state index is 12.1. The van der Waals surface area contributed by atoms with E-state index in [9.17, 15) is 18.0 Å². The molecule has 0 saturated heterocycles. The number of hydrogen-bond acceptors (Lipinski definition) is 7. The van der Waals surface area contributed by atoms with Gasteiger partial charge in [-0.05, 0) is 24.6 Å². The number of sulfonamides is 1. The molecule has 2 aromatic carbocycles. The highest BCUT2D eigenvalue weighted by Gasteiger charge is 2.33. The fourth-order valence-corrected chi connectivity index (χ4v) is 4.33. The van der Waals surface area contributed by atoms with Crippen LogP contribution in [0.3, 0.4) is 0 Å². The summed E-state index contributed by atoms with van der Waals surface area (Å²) in [6.45, 7) is 3.47. The Labute approximate surface area is 209 Å². The summed E-state index contributed by atoms with van der Waals surface area (Å²) < 4.78 is 29.6. The predicted molar refractivity (Wildman–Crippen MR) is 138 cm³/mol. The lowest BCUT2D eigenvalue weighted by Gasteiger charge is -2.24. The van der Waals surface area contributed by atoms with Gasteiger partial charge in [0.1, 0.15) is 12.1 Å². The number of rotatable bonds is 11. The van der Waals surface area contributed by atoms with Crippen LogP contribution < -0.4 is 17.3 Å². The number of esters is 1. The number of nitrogens with two attached hydrogens (primary N) is 2. The van der Waals surface area contributed by atoms with Gasteiger partial charge in [-0.15, -0.1) is 4.41 Å². The Morgan fingerprint density at radius 2 is 1.43 bits per heavy atom. The predicted octanol–water partition coefficient (Wildman–Crippen LogP) is 1.08. The van der Waals surface area contributed by atoms with Crippen molar-refractivity contribution in [2.75, 3.05) is 19.9 Å². The zero-order valence-electron chi connectivity index (χ0n) is 21.2. The molecule has 0 aliphatic heterocycles. The van der Waals surface area contributed by atoms with Gasteiger partial charge >= 0.3 is 5.97 Å². The van der Waals surface area contributed by atoms with E-state index in [1.54, 1.807) is 6.92 Å². The number of quaternary nitrogens is 1. The Bertz CT molecular complexity index is 956. The maximum absolute atomic E-state index is 12.1. The van der Waals surface area contributed by atoms with Gasteiger partial charge in [0, 0.05) is 19.8 Å². The van der Waals surface area contributed by atoms with Gasteiger partial charge in [0.2, 0.25) is 10.0 Å². The lowest BCUT2D eigenvalue weighted by Crippen LogP contribution is -2.65. The molecule has 0 amide bonds. The molecule has 10 heteroatoms. The summed E-state index contributed by atoms with van der Waals surface area (Å²) in [5.74, 6) is 5.11. The molecule has 196 valence electrons. The van der Waals surface area contributed by atoms with Crippen molar-refractivity contribution in [1.29, 1.82) is 0 Å². The summed E-state index contributed by atoms with van der Waals surface area (Å²) in [6.07, 6.45) is 2.15. The van der Waals surface area contributed by atoms with E-state index in [1.165, 1.54) is 19.7 Å². The number of carbonyl (C=O) groups excluding carboxylic acids is 2. The minimum Gasteiger partial charge on any atom is -0.468 e. The molecule has 0 heterocycles. The van der Waals surface area contributed by atoms with Crippen molar-refractivity contribution >= 4 is 21.8 Å². The van der Waals surface area contributed by atoms with Crippen LogP contribution in [-0.2, 0) is 37.2 Å². The van der Waals surface area contributed by atoms with Gasteiger partial charge in [0.25, 0.3) is 0 Å². The van der Waals surface area contributed by atoms with Crippen molar-refractivity contribution in [2.24, 2.45) is 11.6 Å². The van der Waals surface area contributed by atoms with E-state index in [-0.39, 0.29) is 24.0 Å². The normalized spacial score (nSPS) is 12.3. The molecule has 0 saturated carbocycles. The SMILES string of the molecule is CC(=O)C([NH3+])Cc1ccccc1.CCCCS(=O)(=O)N(N)C(Cc1ccccc1)C(=O)OC.CN. The van der Waals surface area contributed by atoms with E-state index in [0.717, 1.165) is 18.4 Å². The number of Topliss-reactive ketones (excluding diaryl/α,β-unsaturated/α-hetero) is 1. The van der Waals surface area contributed by atoms with E-state index in [2.05, 4.69) is 16.2 Å². The smallest absolute Gasteiger partial charge is 0.326 e. The Kier molecular flexibility index (Phi) is 16.4. The van der Waals surface area contributed by atoms with Crippen molar-refractivity contribution in [1.82, 2.24) is 4.41 Å². The molecule has 2 aromatic rings. The first kappa shape index (κ1) is 32.4. The van der Waals surface area contributed by atoms with Gasteiger partial charge in [0.05, 0.1) is 12.9 Å². The highest BCUT2D eigenvalue weighted by Crippen LogP contribution is 2.13. The highest BCUT2D eigenvalue weighted by atomic mass is 32.2. The van der Waals surface area contributed by atoms with Crippen LogP contribution in [0.4, 0.5) is 0 Å². The second-order valence-corrected chi connectivity index (χ2v) is 9.72. The zero-order valence-corrected chi connectivity index (χ0v) is 22.0. The van der Waals surface area contributed by atoms with Crippen LogP contribution in [0.15, 0.2) is 60.7 Å². The molecule has 0 fully saturated rings. The molecule has 0 bridgehead atoms. The summed E-state index contributed by atoms with van der Waals surface area (Å²) in [5, 5.41) is 0. The lowest BCUT2D eigenvalue weighted by molar-refractivity contribution is -0.402. The fourth-order valence-electron chi connectivity index (χ4n) is 2.92. The number of hydrazine groups is 1. The number of ether oxygens (including phenoxy) is 1. The summed E-state index contributed by atoms with van der Waals surface area (Å²) >= 11 is 0. The molecule has 2 unspecified atom stereocenters. The third-order valence-electron chi connectivity index (χ3n) is 5.03. The van der Waals surface area contributed by atoms with Crippen LogP contribution >= 0.6 is 0 Å². The van der Waals surface area contributed by atoms with Crippen LogP contribution in [0, 0.1) is 0 Å². The number of hydrogen-bond donors (Lipinski definition) is 3. The number of nitrogens with zero attached hydrogens (tertiary/aromatic N) is 1. The Hall–Kier alpha value is -2.63. The summed E-state index contributed by atoms with van der Waals surface area (Å²) in [5.41, 5.74) is 10.3. The van der Waals surface area contributed by atoms with Gasteiger partial charge < -0.3 is 16.2 Å². The molecule has 0 spiro atoms. The first-order chi connectivity index (χ1) is 16.6. The topological polar surface area (TPSA) is 160 Å². The van der Waals surface area contributed by atoms with Crippen LogP contribution in [0.25, 0.3) is 0 Å². The van der Waals surface area contributed by atoms with Gasteiger partial charge in [-0.1, -0.05) is 74.0 Å². The molecule has 0 aliphatic rings. The van der Waals surface area contributed by atoms with Crippen molar-refractivity contribution in [3.05, 3.63) is 71.8 Å². The van der Waals surface area contributed by atoms with Crippen molar-refractivity contribution < 1.29 is 28.5 Å². The van der Waals surface area contributed by atoms with Crippen molar-refractivity contribution in [3.63, 3.8) is 0 Å².